The maximum absolute atomic E-state index is 11.6. The number of hydrogen-bond donors (Lipinski definition) is 1. The minimum Gasteiger partial charge on any atom is -0.388 e. The van der Waals surface area contributed by atoms with E-state index in [-0.39, 0.29) is 17.5 Å². The fourth-order valence-electron chi connectivity index (χ4n) is 3.02. The largest absolute Gasteiger partial charge is 0.388 e. The molecular formula is C16H25NO3S. The zero-order valence-electron chi connectivity index (χ0n) is 13.0. The first kappa shape index (κ1) is 16.5. The minimum atomic E-state index is -2.87. The monoisotopic (exact) mass is 311 g/mol. The summed E-state index contributed by atoms with van der Waals surface area (Å²) in [5.74, 6) is 0.462. The van der Waals surface area contributed by atoms with Gasteiger partial charge in [-0.3, -0.25) is 4.90 Å². The molecule has 2 unspecified atom stereocenters. The number of benzene rings is 1. The Morgan fingerprint density at radius 3 is 2.48 bits per heavy atom. The Labute approximate surface area is 127 Å². The van der Waals surface area contributed by atoms with Crippen LogP contribution in [0.3, 0.4) is 0 Å². The molecule has 0 aliphatic carbocycles. The van der Waals surface area contributed by atoms with Crippen molar-refractivity contribution in [2.75, 3.05) is 24.6 Å². The summed E-state index contributed by atoms with van der Waals surface area (Å²) in [6.07, 6.45) is 0.141. The molecule has 4 nitrogen and oxygen atoms in total. The first-order valence-corrected chi connectivity index (χ1v) is 9.30. The van der Waals surface area contributed by atoms with Crippen LogP contribution in [0.5, 0.6) is 0 Å². The van der Waals surface area contributed by atoms with E-state index in [9.17, 15) is 13.5 Å². The van der Waals surface area contributed by atoms with Crippen LogP contribution in [0.1, 0.15) is 36.1 Å². The van der Waals surface area contributed by atoms with Crippen LogP contribution in [-0.4, -0.2) is 49.1 Å². The molecule has 21 heavy (non-hydrogen) atoms. The molecule has 1 fully saturated rings. The third-order valence-electron chi connectivity index (χ3n) is 4.13. The number of sulfone groups is 1. The van der Waals surface area contributed by atoms with E-state index in [0.29, 0.717) is 13.0 Å². The highest BCUT2D eigenvalue weighted by molar-refractivity contribution is 7.91. The predicted molar refractivity (Wildman–Crippen MR) is 85.2 cm³/mol. The number of aliphatic hydroxyl groups is 1. The van der Waals surface area contributed by atoms with Gasteiger partial charge in [-0.15, -0.1) is 0 Å². The summed E-state index contributed by atoms with van der Waals surface area (Å²) < 4.78 is 23.1. The molecule has 0 spiro atoms. The van der Waals surface area contributed by atoms with Gasteiger partial charge in [0.05, 0.1) is 17.6 Å². The van der Waals surface area contributed by atoms with Gasteiger partial charge in [0.25, 0.3) is 0 Å². The van der Waals surface area contributed by atoms with Gasteiger partial charge in [-0.2, -0.15) is 0 Å². The number of aliphatic hydroxyl groups excluding tert-OH is 1. The van der Waals surface area contributed by atoms with Crippen LogP contribution in [0.2, 0.25) is 0 Å². The maximum atomic E-state index is 11.6. The van der Waals surface area contributed by atoms with Crippen molar-refractivity contribution in [3.05, 3.63) is 34.9 Å². The molecule has 5 heteroatoms. The lowest BCUT2D eigenvalue weighted by atomic mass is 10.0. The van der Waals surface area contributed by atoms with Crippen LogP contribution in [-0.2, 0) is 9.84 Å². The normalized spacial score (nSPS) is 23.9. The van der Waals surface area contributed by atoms with E-state index in [1.54, 1.807) is 0 Å². The molecule has 2 rings (SSSR count). The molecule has 0 saturated carbocycles. The summed E-state index contributed by atoms with van der Waals surface area (Å²) in [7, 11) is -2.87. The summed E-state index contributed by atoms with van der Waals surface area (Å²) in [6.45, 7) is 7.30. The minimum absolute atomic E-state index is 0.0372. The highest BCUT2D eigenvalue weighted by atomic mass is 32.2. The predicted octanol–water partition coefficient (Wildman–Crippen LogP) is 1.85. The maximum Gasteiger partial charge on any atom is 0.153 e. The van der Waals surface area contributed by atoms with Gasteiger partial charge in [0.1, 0.15) is 0 Å². The SMILES string of the molecule is Cc1cc(C)cc(C(O)CCN2CCS(=O)(=O)CC2C)c1. The Bertz CT molecular complexity index is 577. The van der Waals surface area contributed by atoms with E-state index in [1.807, 2.05) is 32.9 Å². The lowest BCUT2D eigenvalue weighted by molar-refractivity contribution is 0.131. The van der Waals surface area contributed by atoms with Crippen LogP contribution in [0.4, 0.5) is 0 Å². The first-order chi connectivity index (χ1) is 9.77. The smallest absolute Gasteiger partial charge is 0.153 e. The van der Waals surface area contributed by atoms with Gasteiger partial charge in [0, 0.05) is 19.1 Å². The van der Waals surface area contributed by atoms with Gasteiger partial charge in [-0.25, -0.2) is 8.42 Å². The molecule has 1 aromatic carbocycles. The fraction of sp³-hybridized carbons (Fsp3) is 0.625. The Morgan fingerprint density at radius 2 is 1.90 bits per heavy atom. The van der Waals surface area contributed by atoms with Crippen molar-refractivity contribution in [2.24, 2.45) is 0 Å². The topological polar surface area (TPSA) is 57.6 Å². The first-order valence-electron chi connectivity index (χ1n) is 7.47. The Balaban J connectivity index is 1.93. The summed E-state index contributed by atoms with van der Waals surface area (Å²) in [4.78, 5) is 2.16. The van der Waals surface area contributed by atoms with Crippen LogP contribution in [0.15, 0.2) is 18.2 Å². The number of rotatable bonds is 4. The molecule has 0 radical (unpaired) electrons. The van der Waals surface area contributed by atoms with Crippen molar-refractivity contribution in [2.45, 2.75) is 39.3 Å². The second-order valence-corrected chi connectivity index (χ2v) is 8.45. The van der Waals surface area contributed by atoms with Gasteiger partial charge in [-0.05, 0) is 32.8 Å². The zero-order valence-corrected chi connectivity index (χ0v) is 13.9. The van der Waals surface area contributed by atoms with Gasteiger partial charge in [-0.1, -0.05) is 29.3 Å². The van der Waals surface area contributed by atoms with E-state index in [0.717, 1.165) is 23.2 Å². The summed E-state index contributed by atoms with van der Waals surface area (Å²) >= 11 is 0. The van der Waals surface area contributed by atoms with E-state index in [2.05, 4.69) is 11.0 Å². The van der Waals surface area contributed by atoms with Crippen molar-refractivity contribution < 1.29 is 13.5 Å². The second kappa shape index (κ2) is 6.46. The van der Waals surface area contributed by atoms with Crippen molar-refractivity contribution in [3.63, 3.8) is 0 Å². The fourth-order valence-corrected chi connectivity index (χ4v) is 4.65. The molecule has 0 bridgehead atoms. The van der Waals surface area contributed by atoms with Gasteiger partial charge >= 0.3 is 0 Å². The molecule has 118 valence electrons. The van der Waals surface area contributed by atoms with Crippen LogP contribution >= 0.6 is 0 Å². The molecule has 0 amide bonds. The Morgan fingerprint density at radius 1 is 1.29 bits per heavy atom. The van der Waals surface area contributed by atoms with Crippen LogP contribution in [0, 0.1) is 13.8 Å². The molecular weight excluding hydrogens is 286 g/mol. The van der Waals surface area contributed by atoms with E-state index in [4.69, 9.17) is 0 Å². The van der Waals surface area contributed by atoms with Crippen LogP contribution in [0.25, 0.3) is 0 Å². The number of aryl methyl sites for hydroxylation is 2. The second-order valence-electron chi connectivity index (χ2n) is 6.22. The summed E-state index contributed by atoms with van der Waals surface area (Å²) in [5.41, 5.74) is 3.26. The molecule has 1 aliphatic heterocycles. The molecule has 1 aromatic rings. The lowest BCUT2D eigenvalue weighted by Crippen LogP contribution is -2.47. The third-order valence-corrected chi connectivity index (χ3v) is 5.92. The van der Waals surface area contributed by atoms with E-state index < -0.39 is 15.9 Å². The molecule has 1 N–H and O–H groups in total. The average molecular weight is 311 g/mol. The number of nitrogens with zero attached hydrogens (tertiary/aromatic N) is 1. The van der Waals surface area contributed by atoms with E-state index in [1.165, 1.54) is 0 Å². The van der Waals surface area contributed by atoms with Gasteiger partial charge in [0.2, 0.25) is 0 Å². The van der Waals surface area contributed by atoms with Gasteiger partial charge < -0.3 is 5.11 Å². The summed E-state index contributed by atoms with van der Waals surface area (Å²) in [6, 6.07) is 6.16. The number of hydrogen-bond acceptors (Lipinski definition) is 4. The average Bonchev–Trinajstić information content (AvgIpc) is 2.35. The van der Waals surface area contributed by atoms with Crippen molar-refractivity contribution in [3.8, 4) is 0 Å². The quantitative estimate of drug-likeness (QED) is 0.922. The van der Waals surface area contributed by atoms with Crippen molar-refractivity contribution in [1.82, 2.24) is 4.90 Å². The molecule has 0 aromatic heterocycles. The molecule has 1 heterocycles. The Hall–Kier alpha value is -0.910. The highest BCUT2D eigenvalue weighted by Gasteiger charge is 2.28. The summed E-state index contributed by atoms with van der Waals surface area (Å²) in [5, 5.41) is 10.3. The standard InChI is InChI=1S/C16H25NO3S/c1-12-8-13(2)10-15(9-12)16(18)4-5-17-6-7-21(19,20)11-14(17)3/h8-10,14,16,18H,4-7,11H2,1-3H3. The van der Waals surface area contributed by atoms with Crippen molar-refractivity contribution >= 4 is 9.84 Å². The zero-order chi connectivity index (χ0) is 15.6. The molecule has 1 aliphatic rings. The lowest BCUT2D eigenvalue weighted by Gasteiger charge is -2.33. The van der Waals surface area contributed by atoms with E-state index >= 15 is 0 Å². The Kier molecular flexibility index (Phi) is 5.07. The highest BCUT2D eigenvalue weighted by Crippen LogP contribution is 2.21. The molecule has 2 atom stereocenters. The molecule has 1 saturated heterocycles. The van der Waals surface area contributed by atoms with Gasteiger partial charge in [0.15, 0.2) is 9.84 Å². The third kappa shape index (κ3) is 4.53. The van der Waals surface area contributed by atoms with Crippen LogP contribution < -0.4 is 0 Å². The van der Waals surface area contributed by atoms with Crippen molar-refractivity contribution in [1.29, 1.82) is 0 Å².